The molecule has 0 saturated carbocycles. The molecular weight excluding hydrogens is 817 g/mol. The molecule has 0 radical (unpaired) electrons. The van der Waals surface area contributed by atoms with E-state index in [1.54, 1.807) is 50.2 Å². The second-order valence-corrected chi connectivity index (χ2v) is 18.0. The number of phenols is 2. The third-order valence-electron chi connectivity index (χ3n) is 8.88. The summed E-state index contributed by atoms with van der Waals surface area (Å²) in [6, 6.07) is 15.9. The van der Waals surface area contributed by atoms with Gasteiger partial charge in [-0.3, -0.25) is 18.2 Å². The average molecular weight is 845 g/mol. The molecule has 0 atom stereocenters. The van der Waals surface area contributed by atoms with Gasteiger partial charge in [-0.05, 0) is 78.1 Å². The van der Waals surface area contributed by atoms with Gasteiger partial charge in [0.2, 0.25) is 0 Å². The van der Waals surface area contributed by atoms with Crippen molar-refractivity contribution in [1.29, 1.82) is 0 Å². The van der Waals surface area contributed by atoms with Crippen molar-refractivity contribution >= 4 is 84.8 Å². The molecule has 0 aliphatic carbocycles. The van der Waals surface area contributed by atoms with Gasteiger partial charge < -0.3 is 21.7 Å². The Morgan fingerprint density at radius 2 is 0.857 bits per heavy atom. The predicted molar refractivity (Wildman–Crippen MR) is 204 cm³/mol. The summed E-state index contributed by atoms with van der Waals surface area (Å²) in [6.45, 7) is 3.41. The molecule has 0 aliphatic heterocycles. The van der Waals surface area contributed by atoms with E-state index in [1.165, 1.54) is 12.1 Å². The van der Waals surface area contributed by atoms with Crippen LogP contribution in [0.2, 0.25) is 0 Å². The smallest absolute Gasteiger partial charge is 0.296 e. The van der Waals surface area contributed by atoms with E-state index in [2.05, 4.69) is 10.2 Å². The fraction of sp³-hybridized carbons (Fsp3) is 0.0588. The SMILES string of the molecule is Cc1cc(-c2ccc(-c3ccc4c(S(=O)(=O)O)cc(S(=O)(=O)O)c(N)c4c3O)c(C)c2)ccc1N=Nc1ccc2c(S(=O)(=O)O)cc(S(=O)(=O)O)c(N)c2c1O. The van der Waals surface area contributed by atoms with Crippen LogP contribution in [-0.4, -0.2) is 62.1 Å². The van der Waals surface area contributed by atoms with Gasteiger partial charge in [-0.1, -0.05) is 36.4 Å². The van der Waals surface area contributed by atoms with Crippen LogP contribution < -0.4 is 11.5 Å². The number of hydrogen-bond donors (Lipinski definition) is 8. The molecule has 0 aliphatic rings. The van der Waals surface area contributed by atoms with Crippen LogP contribution in [0.3, 0.4) is 0 Å². The van der Waals surface area contributed by atoms with E-state index >= 15 is 0 Å². The summed E-state index contributed by atoms with van der Waals surface area (Å²) < 4.78 is 135. The number of aryl methyl sites for hydroxylation is 2. The lowest BCUT2D eigenvalue weighted by atomic mass is 9.92. The summed E-state index contributed by atoms with van der Waals surface area (Å²) in [4.78, 5) is -3.94. The summed E-state index contributed by atoms with van der Waals surface area (Å²) in [6.07, 6.45) is 0. The van der Waals surface area contributed by atoms with Crippen LogP contribution in [0.4, 0.5) is 22.7 Å². The molecule has 0 spiro atoms. The van der Waals surface area contributed by atoms with Gasteiger partial charge in [-0.15, -0.1) is 5.11 Å². The lowest BCUT2D eigenvalue weighted by Crippen LogP contribution is -2.08. The number of nitrogens with two attached hydrogens (primary N) is 2. The fourth-order valence-electron chi connectivity index (χ4n) is 6.27. The molecule has 0 saturated heterocycles. The maximum absolute atomic E-state index is 12.1. The minimum Gasteiger partial charge on any atom is -0.507 e. The highest BCUT2D eigenvalue weighted by molar-refractivity contribution is 7.87. The second-order valence-electron chi connectivity index (χ2n) is 12.4. The highest BCUT2D eigenvalue weighted by atomic mass is 32.2. The van der Waals surface area contributed by atoms with Crippen LogP contribution >= 0.6 is 0 Å². The monoisotopic (exact) mass is 844 g/mol. The zero-order valence-corrected chi connectivity index (χ0v) is 31.8. The third-order valence-corrected chi connectivity index (χ3v) is 12.5. The van der Waals surface area contributed by atoms with Crippen molar-refractivity contribution in [3.63, 3.8) is 0 Å². The minimum atomic E-state index is -5.10. The highest BCUT2D eigenvalue weighted by Gasteiger charge is 2.28. The summed E-state index contributed by atoms with van der Waals surface area (Å²) in [5.74, 6) is -1.41. The Labute approximate surface area is 318 Å². The zero-order chi connectivity index (χ0) is 41.4. The van der Waals surface area contributed by atoms with E-state index in [0.29, 0.717) is 45.6 Å². The van der Waals surface area contributed by atoms with E-state index in [-0.39, 0.29) is 22.0 Å². The number of azo groups is 1. The first-order chi connectivity index (χ1) is 25.8. The Bertz CT molecular complexity index is 3210. The zero-order valence-electron chi connectivity index (χ0n) is 28.6. The van der Waals surface area contributed by atoms with Crippen LogP contribution in [0.25, 0.3) is 43.8 Å². The van der Waals surface area contributed by atoms with Crippen molar-refractivity contribution in [2.24, 2.45) is 10.2 Å². The number of fused-ring (bicyclic) bond motifs is 2. The fourth-order valence-corrected chi connectivity index (χ4v) is 9.15. The maximum atomic E-state index is 12.1. The van der Waals surface area contributed by atoms with Crippen LogP contribution in [0.5, 0.6) is 11.5 Å². The van der Waals surface area contributed by atoms with Crippen molar-refractivity contribution < 1.29 is 62.1 Å². The molecule has 0 unspecified atom stereocenters. The second kappa shape index (κ2) is 13.5. The number of rotatable bonds is 8. The Hall–Kier alpha value is -5.72. The predicted octanol–water partition coefficient (Wildman–Crippen LogP) is 5.92. The Balaban J connectivity index is 1.37. The van der Waals surface area contributed by atoms with Gasteiger partial charge in [0.15, 0.2) is 5.75 Å². The number of hydrogen-bond acceptors (Lipinski definition) is 14. The van der Waals surface area contributed by atoms with Gasteiger partial charge in [0.1, 0.15) is 31.0 Å². The minimum absolute atomic E-state index is 0.121. The Morgan fingerprint density at radius 1 is 0.464 bits per heavy atom. The molecule has 22 heteroatoms. The van der Waals surface area contributed by atoms with Crippen LogP contribution in [0.1, 0.15) is 11.1 Å². The largest absolute Gasteiger partial charge is 0.507 e. The van der Waals surface area contributed by atoms with E-state index < -0.39 is 93.7 Å². The van der Waals surface area contributed by atoms with Crippen molar-refractivity contribution in [1.82, 2.24) is 0 Å². The molecule has 18 nitrogen and oxygen atoms in total. The first-order valence-corrected chi connectivity index (χ1v) is 21.3. The molecule has 6 aromatic rings. The van der Waals surface area contributed by atoms with E-state index in [9.17, 15) is 62.1 Å². The van der Waals surface area contributed by atoms with Crippen molar-refractivity contribution in [2.75, 3.05) is 11.5 Å². The molecule has 0 bridgehead atoms. The molecule has 6 rings (SSSR count). The van der Waals surface area contributed by atoms with Gasteiger partial charge in [-0.2, -0.15) is 38.8 Å². The lowest BCUT2D eigenvalue weighted by molar-refractivity contribution is 0.476. The first-order valence-electron chi connectivity index (χ1n) is 15.5. The van der Waals surface area contributed by atoms with Crippen LogP contribution in [0, 0.1) is 13.8 Å². The summed E-state index contributed by atoms with van der Waals surface area (Å²) in [5, 5.41) is 28.8. The number of aromatic hydroxyl groups is 2. The molecule has 56 heavy (non-hydrogen) atoms. The van der Waals surface area contributed by atoms with Crippen molar-refractivity contribution in [3.8, 4) is 33.8 Å². The number of anilines is 2. The summed E-state index contributed by atoms with van der Waals surface area (Å²) in [5.41, 5.74) is 13.7. The van der Waals surface area contributed by atoms with Crippen LogP contribution in [-0.2, 0) is 40.5 Å². The Morgan fingerprint density at radius 3 is 1.32 bits per heavy atom. The number of nitrogens with zero attached hydrogens (tertiary/aromatic N) is 2. The molecule has 0 amide bonds. The molecule has 292 valence electrons. The van der Waals surface area contributed by atoms with E-state index in [4.69, 9.17) is 11.5 Å². The third kappa shape index (κ3) is 7.10. The molecule has 0 aromatic heterocycles. The van der Waals surface area contributed by atoms with Gasteiger partial charge in [0.25, 0.3) is 40.5 Å². The van der Waals surface area contributed by atoms with Crippen molar-refractivity contribution in [2.45, 2.75) is 33.4 Å². The van der Waals surface area contributed by atoms with E-state index in [1.807, 2.05) is 0 Å². The topological polar surface area (TPSA) is 335 Å². The Kier molecular flexibility index (Phi) is 9.63. The highest BCUT2D eigenvalue weighted by Crippen LogP contribution is 2.46. The lowest BCUT2D eigenvalue weighted by Gasteiger charge is -2.16. The van der Waals surface area contributed by atoms with E-state index in [0.717, 1.165) is 12.1 Å². The van der Waals surface area contributed by atoms with Gasteiger partial charge in [-0.25, -0.2) is 0 Å². The van der Waals surface area contributed by atoms with Gasteiger partial charge >= 0.3 is 0 Å². The van der Waals surface area contributed by atoms with Gasteiger partial charge in [0.05, 0.1) is 22.4 Å². The quantitative estimate of drug-likeness (QED) is 0.0500. The molecule has 0 heterocycles. The molecule has 6 aromatic carbocycles. The number of nitrogen functional groups attached to an aromatic ring is 2. The number of phenolic OH excluding ortho intramolecular Hbond substituents is 2. The first kappa shape index (κ1) is 40.0. The van der Waals surface area contributed by atoms with Crippen LogP contribution in [0.15, 0.2) is 103 Å². The molecule has 10 N–H and O–H groups in total. The standard InChI is InChI=1S/C34H28N4O14S4/c1-15-11-17(3-5-19(15)20-6-7-21-25(53(41,42)43)13-27(55(47,48)49)31(35)29(21)33(20)39)18-4-9-23(16(2)12-18)37-38-24-10-8-22-26(54(44,45)46)14-28(56(50,51)52)32(36)30(22)34(24)40/h3-14,39-40H,35-36H2,1-2H3,(H,41,42,43)(H,44,45,46)(H,47,48,49)(H,50,51,52). The summed E-state index contributed by atoms with van der Waals surface area (Å²) in [7, 11) is -20.3. The van der Waals surface area contributed by atoms with Gasteiger partial charge in [0, 0.05) is 21.7 Å². The summed E-state index contributed by atoms with van der Waals surface area (Å²) >= 11 is 0. The molecular formula is C34H28N4O14S4. The average Bonchev–Trinajstić information content (AvgIpc) is 3.06. The number of benzene rings is 6. The molecule has 0 fully saturated rings. The normalized spacial score (nSPS) is 12.9. The maximum Gasteiger partial charge on any atom is 0.296 e. The van der Waals surface area contributed by atoms with Crippen molar-refractivity contribution in [3.05, 3.63) is 83.9 Å².